The predicted octanol–water partition coefficient (Wildman–Crippen LogP) is 7.30. The molecule has 0 aliphatic rings. The van der Waals surface area contributed by atoms with E-state index in [0.717, 1.165) is 0 Å². The van der Waals surface area contributed by atoms with E-state index in [1.165, 1.54) is 24.3 Å². The lowest BCUT2D eigenvalue weighted by atomic mass is 9.91. The highest BCUT2D eigenvalue weighted by Gasteiger charge is 2.23. The molecule has 8 heteroatoms. The summed E-state index contributed by atoms with van der Waals surface area (Å²) in [6.07, 6.45) is 0. The van der Waals surface area contributed by atoms with Crippen molar-refractivity contribution in [3.63, 3.8) is 0 Å². The smallest absolute Gasteiger partial charge is 0.258 e. The second-order valence-corrected chi connectivity index (χ2v) is 7.30. The number of benzene rings is 4. The standard InChI is InChI=1S/C22H12Cl2N2O4/c23-17-9-3-11-19(25(27)28)21(17)15-7-1-5-13-14(15)6-2-8-16(13)22-18(24)10-4-12-20(22)26(29)30/h1-12H. The van der Waals surface area contributed by atoms with Crippen LogP contribution in [0.3, 0.4) is 0 Å². The minimum Gasteiger partial charge on any atom is -0.258 e. The molecule has 0 aliphatic heterocycles. The Bertz CT molecular complexity index is 1240. The van der Waals surface area contributed by atoms with E-state index in [2.05, 4.69) is 0 Å². The summed E-state index contributed by atoms with van der Waals surface area (Å²) >= 11 is 12.7. The Labute approximate surface area is 180 Å². The fraction of sp³-hybridized carbons (Fsp3) is 0. The van der Waals surface area contributed by atoms with Crippen LogP contribution in [0.5, 0.6) is 0 Å². The summed E-state index contributed by atoms with van der Waals surface area (Å²) in [6.45, 7) is 0. The van der Waals surface area contributed by atoms with E-state index in [-0.39, 0.29) is 21.4 Å². The molecular weight excluding hydrogens is 427 g/mol. The zero-order valence-electron chi connectivity index (χ0n) is 15.2. The lowest BCUT2D eigenvalue weighted by Gasteiger charge is -2.13. The molecule has 0 aromatic heterocycles. The molecule has 148 valence electrons. The molecule has 6 nitrogen and oxygen atoms in total. The Kier molecular flexibility index (Phi) is 5.11. The van der Waals surface area contributed by atoms with Crippen molar-refractivity contribution in [3.05, 3.63) is 103 Å². The van der Waals surface area contributed by atoms with Crippen molar-refractivity contribution in [2.24, 2.45) is 0 Å². The van der Waals surface area contributed by atoms with Gasteiger partial charge in [-0.2, -0.15) is 0 Å². The summed E-state index contributed by atoms with van der Waals surface area (Å²) in [5.74, 6) is 0. The fourth-order valence-electron chi connectivity index (χ4n) is 3.61. The monoisotopic (exact) mass is 438 g/mol. The Hall–Kier alpha value is -3.48. The summed E-state index contributed by atoms with van der Waals surface area (Å²) in [7, 11) is 0. The van der Waals surface area contributed by atoms with E-state index in [4.69, 9.17) is 23.2 Å². The van der Waals surface area contributed by atoms with Crippen molar-refractivity contribution in [1.82, 2.24) is 0 Å². The minimum atomic E-state index is -0.483. The first-order chi connectivity index (χ1) is 14.4. The Morgan fingerprint density at radius 1 is 0.567 bits per heavy atom. The molecule has 0 spiro atoms. The van der Waals surface area contributed by atoms with Gasteiger partial charge in [0, 0.05) is 12.1 Å². The molecule has 0 amide bonds. The lowest BCUT2D eigenvalue weighted by molar-refractivity contribution is -0.384. The maximum absolute atomic E-state index is 11.6. The van der Waals surface area contributed by atoms with Crippen molar-refractivity contribution in [3.8, 4) is 22.3 Å². The number of nitrogens with zero attached hydrogens (tertiary/aromatic N) is 2. The fourth-order valence-corrected chi connectivity index (χ4v) is 4.15. The first-order valence-electron chi connectivity index (χ1n) is 8.78. The molecule has 4 aromatic rings. The predicted molar refractivity (Wildman–Crippen MR) is 118 cm³/mol. The number of halogens is 2. The molecule has 0 fully saturated rings. The van der Waals surface area contributed by atoms with Gasteiger partial charge in [0.25, 0.3) is 11.4 Å². The Morgan fingerprint density at radius 2 is 0.933 bits per heavy atom. The van der Waals surface area contributed by atoms with Crippen molar-refractivity contribution in [2.45, 2.75) is 0 Å². The first-order valence-corrected chi connectivity index (χ1v) is 9.54. The number of rotatable bonds is 4. The third-order valence-electron chi connectivity index (χ3n) is 4.84. The second kappa shape index (κ2) is 7.74. The van der Waals surface area contributed by atoms with Gasteiger partial charge >= 0.3 is 0 Å². The molecule has 4 rings (SSSR count). The average molecular weight is 439 g/mol. The van der Waals surface area contributed by atoms with Gasteiger partial charge in [0.1, 0.15) is 0 Å². The van der Waals surface area contributed by atoms with Crippen LogP contribution in [0, 0.1) is 20.2 Å². The summed E-state index contributed by atoms with van der Waals surface area (Å²) in [5.41, 5.74) is 1.46. The maximum Gasteiger partial charge on any atom is 0.278 e. The van der Waals surface area contributed by atoms with E-state index in [1.807, 2.05) is 0 Å². The van der Waals surface area contributed by atoms with Gasteiger partial charge in [-0.1, -0.05) is 71.7 Å². The summed E-state index contributed by atoms with van der Waals surface area (Å²) in [5, 5.41) is 25.0. The van der Waals surface area contributed by atoms with E-state index in [1.54, 1.807) is 48.5 Å². The van der Waals surface area contributed by atoms with Crippen molar-refractivity contribution >= 4 is 45.3 Å². The number of hydrogen-bond donors (Lipinski definition) is 0. The molecule has 0 saturated carbocycles. The molecule has 4 aromatic carbocycles. The highest BCUT2D eigenvalue weighted by molar-refractivity contribution is 6.35. The van der Waals surface area contributed by atoms with E-state index >= 15 is 0 Å². The van der Waals surface area contributed by atoms with Crippen molar-refractivity contribution in [2.75, 3.05) is 0 Å². The molecule has 0 unspecified atom stereocenters. The highest BCUT2D eigenvalue weighted by Crippen LogP contribution is 2.44. The number of nitro benzene ring substituents is 2. The number of hydrogen-bond acceptors (Lipinski definition) is 4. The maximum atomic E-state index is 11.6. The van der Waals surface area contributed by atoms with Crippen LogP contribution in [-0.2, 0) is 0 Å². The summed E-state index contributed by atoms with van der Waals surface area (Å²) in [4.78, 5) is 22.2. The van der Waals surface area contributed by atoms with Crippen LogP contribution >= 0.6 is 23.2 Å². The van der Waals surface area contributed by atoms with E-state index < -0.39 is 9.85 Å². The van der Waals surface area contributed by atoms with Crippen LogP contribution in [-0.4, -0.2) is 9.85 Å². The minimum absolute atomic E-state index is 0.121. The third-order valence-corrected chi connectivity index (χ3v) is 5.47. The van der Waals surface area contributed by atoms with Gasteiger partial charge in [0.05, 0.1) is 31.0 Å². The van der Waals surface area contributed by atoms with Crippen molar-refractivity contribution < 1.29 is 9.85 Å². The topological polar surface area (TPSA) is 86.3 Å². The van der Waals surface area contributed by atoms with Gasteiger partial charge in [-0.25, -0.2) is 0 Å². The zero-order chi connectivity index (χ0) is 21.4. The molecule has 0 N–H and O–H groups in total. The molecule has 30 heavy (non-hydrogen) atoms. The average Bonchev–Trinajstić information content (AvgIpc) is 2.72. The molecule has 0 heterocycles. The van der Waals surface area contributed by atoms with E-state index in [0.29, 0.717) is 33.0 Å². The largest absolute Gasteiger partial charge is 0.278 e. The number of nitro groups is 2. The van der Waals surface area contributed by atoms with Gasteiger partial charge in [0.15, 0.2) is 0 Å². The first kappa shape index (κ1) is 19.8. The van der Waals surface area contributed by atoms with Gasteiger partial charge in [-0.15, -0.1) is 0 Å². The Balaban J connectivity index is 2.09. The normalized spacial score (nSPS) is 10.9. The third kappa shape index (κ3) is 3.26. The van der Waals surface area contributed by atoms with Crippen LogP contribution in [0.2, 0.25) is 10.0 Å². The van der Waals surface area contributed by atoms with Crippen LogP contribution < -0.4 is 0 Å². The molecule has 0 radical (unpaired) electrons. The quantitative estimate of drug-likeness (QED) is 0.247. The van der Waals surface area contributed by atoms with Crippen LogP contribution in [0.25, 0.3) is 33.0 Å². The molecule has 0 saturated heterocycles. The highest BCUT2D eigenvalue weighted by atomic mass is 35.5. The van der Waals surface area contributed by atoms with Gasteiger partial charge in [0.2, 0.25) is 0 Å². The number of fused-ring (bicyclic) bond motifs is 1. The SMILES string of the molecule is O=[N+]([O-])c1cccc(Cl)c1-c1cccc2c(-c3c(Cl)cccc3[N+](=O)[O-])cccc12. The van der Waals surface area contributed by atoms with Gasteiger partial charge in [-0.3, -0.25) is 20.2 Å². The lowest BCUT2D eigenvalue weighted by Crippen LogP contribution is -1.95. The van der Waals surface area contributed by atoms with Crippen LogP contribution in [0.4, 0.5) is 11.4 Å². The van der Waals surface area contributed by atoms with E-state index in [9.17, 15) is 20.2 Å². The molecule has 0 aliphatic carbocycles. The zero-order valence-corrected chi connectivity index (χ0v) is 16.7. The molecule has 0 atom stereocenters. The molecule has 0 bridgehead atoms. The van der Waals surface area contributed by atoms with Gasteiger partial charge < -0.3 is 0 Å². The Morgan fingerprint density at radius 3 is 1.30 bits per heavy atom. The second-order valence-electron chi connectivity index (χ2n) is 6.49. The summed E-state index contributed by atoms with van der Waals surface area (Å²) < 4.78 is 0. The molecular formula is C22H12Cl2N2O4. The van der Waals surface area contributed by atoms with Crippen LogP contribution in [0.1, 0.15) is 0 Å². The van der Waals surface area contributed by atoms with Gasteiger partial charge in [-0.05, 0) is 34.0 Å². The summed E-state index contributed by atoms with van der Waals surface area (Å²) in [6, 6.07) is 19.5. The van der Waals surface area contributed by atoms with Crippen molar-refractivity contribution in [1.29, 1.82) is 0 Å². The van der Waals surface area contributed by atoms with Crippen LogP contribution in [0.15, 0.2) is 72.8 Å².